The quantitative estimate of drug-likeness (QED) is 0.286. The van der Waals surface area contributed by atoms with Crippen LogP contribution < -0.4 is 14.2 Å². The van der Waals surface area contributed by atoms with Crippen LogP contribution in [0.25, 0.3) is 5.76 Å². The number of hydrogen-bond acceptors (Lipinski definition) is 7. The predicted octanol–water partition coefficient (Wildman–Crippen LogP) is 2.96. The minimum Gasteiger partial charge on any atom is -0.507 e. The van der Waals surface area contributed by atoms with Crippen LogP contribution in [0.2, 0.25) is 0 Å². The van der Waals surface area contributed by atoms with E-state index in [4.69, 9.17) is 14.2 Å². The number of rotatable bonds is 8. The Kier molecular flexibility index (Phi) is 6.37. The molecule has 1 N–H and O–H groups in total. The van der Waals surface area contributed by atoms with Crippen LogP contribution in [0.3, 0.4) is 0 Å². The Bertz CT molecular complexity index is 1120. The van der Waals surface area contributed by atoms with Crippen LogP contribution in [0.1, 0.15) is 17.2 Å². The first-order valence-corrected chi connectivity index (χ1v) is 10.6. The zero-order valence-corrected chi connectivity index (χ0v) is 18.6. The Morgan fingerprint density at radius 2 is 2.00 bits per heavy atom. The molecule has 0 unspecified atom stereocenters. The SMILES string of the molecule is C=CCOc1cccc([C@H]2C(=C(O)c3ccc4c(c3)OCO4)C(=O)C(=O)N2CCN(C)C)c1. The first-order valence-electron chi connectivity index (χ1n) is 10.6. The number of likely N-dealkylation sites (tertiary alicyclic amines) is 1. The highest BCUT2D eigenvalue weighted by molar-refractivity contribution is 6.46. The third-order valence-corrected chi connectivity index (χ3v) is 5.52. The maximum atomic E-state index is 13.1. The lowest BCUT2D eigenvalue weighted by Gasteiger charge is -2.27. The lowest BCUT2D eigenvalue weighted by Crippen LogP contribution is -2.35. The first-order chi connectivity index (χ1) is 15.9. The molecule has 0 aliphatic carbocycles. The average molecular weight is 450 g/mol. The number of aliphatic hydroxyl groups excluding tert-OH is 1. The average Bonchev–Trinajstić information content (AvgIpc) is 3.38. The van der Waals surface area contributed by atoms with E-state index in [1.165, 1.54) is 4.90 Å². The van der Waals surface area contributed by atoms with Gasteiger partial charge in [0, 0.05) is 18.7 Å². The van der Waals surface area contributed by atoms with Crippen molar-refractivity contribution in [3.05, 3.63) is 71.8 Å². The molecule has 1 saturated heterocycles. The third-order valence-electron chi connectivity index (χ3n) is 5.52. The van der Waals surface area contributed by atoms with Gasteiger partial charge in [-0.05, 0) is 50.0 Å². The number of Topliss-reactive ketones (excluding diaryl/α,β-unsaturated/α-hetero) is 1. The minimum atomic E-state index is -0.761. The molecule has 33 heavy (non-hydrogen) atoms. The van der Waals surface area contributed by atoms with Crippen molar-refractivity contribution in [3.8, 4) is 17.2 Å². The van der Waals surface area contributed by atoms with E-state index in [0.717, 1.165) is 0 Å². The van der Waals surface area contributed by atoms with Crippen LogP contribution in [0.4, 0.5) is 0 Å². The van der Waals surface area contributed by atoms with Crippen molar-refractivity contribution in [1.29, 1.82) is 0 Å². The fourth-order valence-corrected chi connectivity index (χ4v) is 3.89. The maximum Gasteiger partial charge on any atom is 0.295 e. The van der Waals surface area contributed by atoms with Gasteiger partial charge in [0.05, 0.1) is 11.6 Å². The Labute approximate surface area is 192 Å². The lowest BCUT2D eigenvalue weighted by atomic mass is 9.95. The van der Waals surface area contributed by atoms with E-state index in [1.807, 2.05) is 25.1 Å². The highest BCUT2D eigenvalue weighted by atomic mass is 16.7. The van der Waals surface area contributed by atoms with E-state index < -0.39 is 17.7 Å². The van der Waals surface area contributed by atoms with Gasteiger partial charge in [0.2, 0.25) is 6.79 Å². The Hall–Kier alpha value is -3.78. The molecular weight excluding hydrogens is 424 g/mol. The second-order valence-electron chi connectivity index (χ2n) is 8.04. The number of nitrogens with zero attached hydrogens (tertiary/aromatic N) is 2. The fourth-order valence-electron chi connectivity index (χ4n) is 3.89. The molecule has 1 fully saturated rings. The van der Waals surface area contributed by atoms with Crippen LogP contribution >= 0.6 is 0 Å². The normalized spacial score (nSPS) is 18.8. The molecule has 2 aliphatic rings. The second kappa shape index (κ2) is 9.38. The number of ketones is 1. The van der Waals surface area contributed by atoms with Gasteiger partial charge < -0.3 is 29.1 Å². The van der Waals surface area contributed by atoms with Crippen molar-refractivity contribution in [2.24, 2.45) is 0 Å². The molecule has 0 bridgehead atoms. The van der Waals surface area contributed by atoms with Gasteiger partial charge in [-0.1, -0.05) is 24.8 Å². The van der Waals surface area contributed by atoms with Gasteiger partial charge in [0.1, 0.15) is 18.1 Å². The Morgan fingerprint density at radius 1 is 1.21 bits per heavy atom. The van der Waals surface area contributed by atoms with Crippen molar-refractivity contribution < 1.29 is 28.9 Å². The number of aliphatic hydroxyl groups is 1. The molecule has 0 aromatic heterocycles. The summed E-state index contributed by atoms with van der Waals surface area (Å²) in [6.45, 7) is 4.94. The molecule has 2 heterocycles. The van der Waals surface area contributed by atoms with E-state index in [-0.39, 0.29) is 18.1 Å². The van der Waals surface area contributed by atoms with Crippen molar-refractivity contribution in [2.75, 3.05) is 40.6 Å². The number of hydrogen-bond donors (Lipinski definition) is 1. The lowest BCUT2D eigenvalue weighted by molar-refractivity contribution is -0.140. The van der Waals surface area contributed by atoms with Crippen molar-refractivity contribution >= 4 is 17.4 Å². The number of likely N-dealkylation sites (N-methyl/N-ethyl adjacent to an activating group) is 1. The van der Waals surface area contributed by atoms with Crippen molar-refractivity contribution in [2.45, 2.75) is 6.04 Å². The van der Waals surface area contributed by atoms with Crippen LogP contribution in [0.15, 0.2) is 60.7 Å². The summed E-state index contributed by atoms with van der Waals surface area (Å²) in [7, 11) is 3.78. The van der Waals surface area contributed by atoms with Gasteiger partial charge in [0.25, 0.3) is 11.7 Å². The Balaban J connectivity index is 1.81. The number of carbonyl (C=O) groups is 2. The summed E-state index contributed by atoms with van der Waals surface area (Å²) in [5.41, 5.74) is 1.06. The first kappa shape index (κ1) is 22.4. The molecular formula is C25H26N2O6. The van der Waals surface area contributed by atoms with E-state index in [9.17, 15) is 14.7 Å². The van der Waals surface area contributed by atoms with Gasteiger partial charge in [-0.15, -0.1) is 0 Å². The fraction of sp³-hybridized carbons (Fsp3) is 0.280. The van der Waals surface area contributed by atoms with Crippen LogP contribution in [-0.4, -0.2) is 67.2 Å². The van der Waals surface area contributed by atoms with E-state index in [0.29, 0.717) is 48.1 Å². The maximum absolute atomic E-state index is 13.1. The van der Waals surface area contributed by atoms with Crippen LogP contribution in [-0.2, 0) is 9.59 Å². The molecule has 0 spiro atoms. The summed E-state index contributed by atoms with van der Waals surface area (Å²) in [5, 5.41) is 11.2. The summed E-state index contributed by atoms with van der Waals surface area (Å²) in [6.07, 6.45) is 1.63. The van der Waals surface area contributed by atoms with Gasteiger partial charge in [-0.25, -0.2) is 0 Å². The second-order valence-corrected chi connectivity index (χ2v) is 8.04. The monoisotopic (exact) mass is 450 g/mol. The number of benzene rings is 2. The predicted molar refractivity (Wildman–Crippen MR) is 122 cm³/mol. The van der Waals surface area contributed by atoms with Gasteiger partial charge >= 0.3 is 0 Å². The van der Waals surface area contributed by atoms with Crippen molar-refractivity contribution in [3.63, 3.8) is 0 Å². The molecule has 2 aliphatic heterocycles. The summed E-state index contributed by atoms with van der Waals surface area (Å²) in [4.78, 5) is 29.6. The highest BCUT2D eigenvalue weighted by Gasteiger charge is 2.46. The zero-order valence-electron chi connectivity index (χ0n) is 18.6. The third kappa shape index (κ3) is 4.42. The van der Waals surface area contributed by atoms with E-state index in [2.05, 4.69) is 6.58 Å². The Morgan fingerprint density at radius 3 is 2.76 bits per heavy atom. The molecule has 2 aromatic carbocycles. The molecule has 4 rings (SSSR count). The number of fused-ring (bicyclic) bond motifs is 1. The molecule has 2 aromatic rings. The van der Waals surface area contributed by atoms with Crippen LogP contribution in [0, 0.1) is 0 Å². The molecule has 1 atom stereocenters. The van der Waals surface area contributed by atoms with Crippen LogP contribution in [0.5, 0.6) is 17.2 Å². The van der Waals surface area contributed by atoms with E-state index in [1.54, 1.807) is 42.5 Å². The smallest absolute Gasteiger partial charge is 0.295 e. The standard InChI is InChI=1S/C25H26N2O6/c1-4-12-31-18-7-5-6-16(13-18)22-21(24(29)25(30)27(22)11-10-26(2)3)23(28)17-8-9-19-20(14-17)33-15-32-19/h4-9,13-14,22,28H,1,10-12,15H2,2-3H3/t22-/m0/s1. The van der Waals surface area contributed by atoms with Gasteiger partial charge in [-0.3, -0.25) is 9.59 Å². The summed E-state index contributed by atoms with van der Waals surface area (Å²) >= 11 is 0. The molecule has 8 nitrogen and oxygen atoms in total. The molecule has 8 heteroatoms. The molecule has 0 radical (unpaired) electrons. The van der Waals surface area contributed by atoms with E-state index >= 15 is 0 Å². The van der Waals surface area contributed by atoms with Crippen molar-refractivity contribution in [1.82, 2.24) is 9.80 Å². The number of amides is 1. The number of ether oxygens (including phenoxy) is 3. The zero-order chi connectivity index (χ0) is 23.5. The summed E-state index contributed by atoms with van der Waals surface area (Å²) in [6, 6.07) is 11.3. The van der Waals surface area contributed by atoms with Gasteiger partial charge in [0.15, 0.2) is 11.5 Å². The molecule has 172 valence electrons. The summed E-state index contributed by atoms with van der Waals surface area (Å²) < 4.78 is 16.4. The van der Waals surface area contributed by atoms with Gasteiger partial charge in [-0.2, -0.15) is 0 Å². The number of carbonyl (C=O) groups excluding carboxylic acids is 2. The highest BCUT2D eigenvalue weighted by Crippen LogP contribution is 2.41. The molecule has 0 saturated carbocycles. The minimum absolute atomic E-state index is 0.0264. The largest absolute Gasteiger partial charge is 0.507 e. The summed E-state index contributed by atoms with van der Waals surface area (Å²) in [5.74, 6) is -0.0400. The topological polar surface area (TPSA) is 88.5 Å². The molecule has 1 amide bonds.